The molecular weight excluding hydrogens is 328 g/mol. The Kier molecular flexibility index (Phi) is 4.44. The third-order valence-electron chi connectivity index (χ3n) is 8.38. The van der Waals surface area contributed by atoms with Crippen LogP contribution in [0.15, 0.2) is 11.6 Å². The van der Waals surface area contributed by atoms with Gasteiger partial charge in [0.25, 0.3) is 0 Å². The second-order valence-electron chi connectivity index (χ2n) is 9.38. The molecule has 4 aliphatic carbocycles. The van der Waals surface area contributed by atoms with Gasteiger partial charge < -0.3 is 9.47 Å². The van der Waals surface area contributed by atoms with E-state index in [0.29, 0.717) is 36.6 Å². The summed E-state index contributed by atoms with van der Waals surface area (Å²) in [5.74, 6) is 2.31. The Hall–Kier alpha value is -1.32. The van der Waals surface area contributed by atoms with Crippen LogP contribution in [0.25, 0.3) is 0 Å². The summed E-state index contributed by atoms with van der Waals surface area (Å²) in [5, 5.41) is 0. The third-order valence-corrected chi connectivity index (χ3v) is 8.38. The standard InChI is InChI=1S/C22H32O4/c1-4-25-20(24)26-19-8-7-17-16-6-5-14-13-15(23)9-11-21(14,2)18(16)10-12-22(17,19)3/h13,16-19H,4-12H2,1-3H3/t16-,17-,18-,19-,21-,22-/m0/s1. The minimum Gasteiger partial charge on any atom is -0.435 e. The van der Waals surface area contributed by atoms with Crippen LogP contribution in [-0.4, -0.2) is 24.6 Å². The summed E-state index contributed by atoms with van der Waals surface area (Å²) in [6, 6.07) is 0. The molecule has 0 aliphatic heterocycles. The largest absolute Gasteiger partial charge is 0.508 e. The molecule has 0 radical (unpaired) electrons. The van der Waals surface area contributed by atoms with E-state index < -0.39 is 6.16 Å². The lowest BCUT2D eigenvalue weighted by Crippen LogP contribution is -2.51. The molecule has 144 valence electrons. The van der Waals surface area contributed by atoms with Crippen LogP contribution in [0, 0.1) is 28.6 Å². The first kappa shape index (κ1) is 18.1. The van der Waals surface area contributed by atoms with Gasteiger partial charge >= 0.3 is 6.16 Å². The van der Waals surface area contributed by atoms with Crippen molar-refractivity contribution in [2.24, 2.45) is 28.6 Å². The van der Waals surface area contributed by atoms with Crippen molar-refractivity contribution in [2.45, 2.75) is 78.2 Å². The van der Waals surface area contributed by atoms with Gasteiger partial charge in [-0.2, -0.15) is 0 Å². The molecule has 0 aromatic rings. The van der Waals surface area contributed by atoms with Crippen LogP contribution in [-0.2, 0) is 14.3 Å². The van der Waals surface area contributed by atoms with Crippen molar-refractivity contribution < 1.29 is 19.1 Å². The fourth-order valence-electron chi connectivity index (χ4n) is 6.97. The van der Waals surface area contributed by atoms with E-state index in [9.17, 15) is 9.59 Å². The predicted octanol–water partition coefficient (Wildman–Crippen LogP) is 5.06. The van der Waals surface area contributed by atoms with Crippen molar-refractivity contribution in [2.75, 3.05) is 6.61 Å². The molecule has 3 saturated carbocycles. The van der Waals surface area contributed by atoms with Gasteiger partial charge in [0.15, 0.2) is 5.78 Å². The van der Waals surface area contributed by atoms with Crippen LogP contribution in [0.3, 0.4) is 0 Å². The van der Waals surface area contributed by atoms with Crippen molar-refractivity contribution in [3.63, 3.8) is 0 Å². The Morgan fingerprint density at radius 2 is 1.92 bits per heavy atom. The Balaban J connectivity index is 1.55. The van der Waals surface area contributed by atoms with E-state index in [-0.39, 0.29) is 16.9 Å². The van der Waals surface area contributed by atoms with Crippen LogP contribution < -0.4 is 0 Å². The lowest BCUT2D eigenvalue weighted by atomic mass is 9.47. The third kappa shape index (κ3) is 2.63. The zero-order valence-corrected chi connectivity index (χ0v) is 16.4. The quantitative estimate of drug-likeness (QED) is 0.646. The van der Waals surface area contributed by atoms with Gasteiger partial charge in [-0.25, -0.2) is 4.79 Å². The zero-order chi connectivity index (χ0) is 18.5. The average Bonchev–Trinajstić information content (AvgIpc) is 2.92. The highest BCUT2D eigenvalue weighted by molar-refractivity contribution is 5.91. The van der Waals surface area contributed by atoms with E-state index in [1.54, 1.807) is 0 Å². The van der Waals surface area contributed by atoms with Crippen molar-refractivity contribution in [1.82, 2.24) is 0 Å². The molecule has 0 heterocycles. The highest BCUT2D eigenvalue weighted by Gasteiger charge is 2.60. The SMILES string of the molecule is CCOC(=O)O[C@H]1CC[C@H]2[C@@H]3CCC4=CC(=O)CC[C@]4(C)[C@H]3CC[C@]12C. The number of allylic oxidation sites excluding steroid dienone is 1. The number of carbonyl (C=O) groups is 2. The van der Waals surface area contributed by atoms with E-state index in [2.05, 4.69) is 13.8 Å². The maximum atomic E-state index is 11.9. The first-order valence-corrected chi connectivity index (χ1v) is 10.5. The van der Waals surface area contributed by atoms with E-state index in [4.69, 9.17) is 9.47 Å². The van der Waals surface area contributed by atoms with Crippen LogP contribution in [0.5, 0.6) is 0 Å². The second kappa shape index (κ2) is 6.38. The van der Waals surface area contributed by atoms with Gasteiger partial charge in [-0.05, 0) is 81.1 Å². The topological polar surface area (TPSA) is 52.6 Å². The lowest BCUT2D eigenvalue weighted by Gasteiger charge is -2.57. The Bertz CT molecular complexity index is 638. The molecule has 0 bridgehead atoms. The van der Waals surface area contributed by atoms with E-state index in [1.165, 1.54) is 18.4 Å². The summed E-state index contributed by atoms with van der Waals surface area (Å²) in [7, 11) is 0. The smallest absolute Gasteiger partial charge is 0.435 e. The maximum Gasteiger partial charge on any atom is 0.508 e. The Labute approximate surface area is 156 Å². The van der Waals surface area contributed by atoms with Crippen molar-refractivity contribution in [3.05, 3.63) is 11.6 Å². The number of hydrogen-bond acceptors (Lipinski definition) is 4. The second-order valence-corrected chi connectivity index (χ2v) is 9.38. The Morgan fingerprint density at radius 3 is 2.69 bits per heavy atom. The van der Waals surface area contributed by atoms with Gasteiger partial charge in [0.05, 0.1) is 6.61 Å². The van der Waals surface area contributed by atoms with Crippen LogP contribution in [0.1, 0.15) is 72.1 Å². The van der Waals surface area contributed by atoms with Crippen LogP contribution >= 0.6 is 0 Å². The van der Waals surface area contributed by atoms with Gasteiger partial charge in [0.2, 0.25) is 0 Å². The predicted molar refractivity (Wildman–Crippen MR) is 98.6 cm³/mol. The average molecular weight is 360 g/mol. The molecule has 0 aromatic heterocycles. The normalized spacial score (nSPS) is 44.4. The van der Waals surface area contributed by atoms with Crippen LogP contribution in [0.2, 0.25) is 0 Å². The molecule has 4 heteroatoms. The minimum absolute atomic E-state index is 0.00909. The number of hydrogen-bond donors (Lipinski definition) is 0. The van der Waals surface area contributed by atoms with Crippen LogP contribution in [0.4, 0.5) is 4.79 Å². The summed E-state index contributed by atoms with van der Waals surface area (Å²) in [6.45, 7) is 6.92. The summed E-state index contributed by atoms with van der Waals surface area (Å²) in [5.41, 5.74) is 1.70. The minimum atomic E-state index is -0.506. The molecule has 4 nitrogen and oxygen atoms in total. The number of ether oxygens (including phenoxy) is 2. The molecule has 4 aliphatic rings. The molecule has 0 unspecified atom stereocenters. The van der Waals surface area contributed by atoms with Gasteiger partial charge in [-0.3, -0.25) is 4.79 Å². The van der Waals surface area contributed by atoms with E-state index in [0.717, 1.165) is 32.1 Å². The molecule has 3 fully saturated rings. The molecule has 0 spiro atoms. The molecule has 4 rings (SSSR count). The first-order valence-electron chi connectivity index (χ1n) is 10.5. The molecule has 0 saturated heterocycles. The first-order chi connectivity index (χ1) is 12.4. The van der Waals surface area contributed by atoms with E-state index >= 15 is 0 Å². The molecule has 26 heavy (non-hydrogen) atoms. The maximum absolute atomic E-state index is 11.9. The number of rotatable bonds is 2. The fraction of sp³-hybridized carbons (Fsp3) is 0.818. The summed E-state index contributed by atoms with van der Waals surface area (Å²) in [6.07, 6.45) is 9.84. The highest BCUT2D eigenvalue weighted by Crippen LogP contribution is 2.65. The van der Waals surface area contributed by atoms with Crippen molar-refractivity contribution in [1.29, 1.82) is 0 Å². The number of carbonyl (C=O) groups excluding carboxylic acids is 2. The number of ketones is 1. The molecule has 0 N–H and O–H groups in total. The van der Waals surface area contributed by atoms with Gasteiger partial charge in [0, 0.05) is 11.8 Å². The highest BCUT2D eigenvalue weighted by atomic mass is 16.7. The van der Waals surface area contributed by atoms with Gasteiger partial charge in [-0.1, -0.05) is 19.4 Å². The monoisotopic (exact) mass is 360 g/mol. The van der Waals surface area contributed by atoms with E-state index in [1.807, 2.05) is 13.0 Å². The summed E-state index contributed by atoms with van der Waals surface area (Å²) >= 11 is 0. The lowest BCUT2D eigenvalue weighted by molar-refractivity contribution is -0.118. The molecular formula is C22H32O4. The van der Waals surface area contributed by atoms with Crippen molar-refractivity contribution in [3.8, 4) is 0 Å². The summed E-state index contributed by atoms with van der Waals surface area (Å²) < 4.78 is 10.8. The Morgan fingerprint density at radius 1 is 1.12 bits per heavy atom. The summed E-state index contributed by atoms with van der Waals surface area (Å²) in [4.78, 5) is 23.8. The number of fused-ring (bicyclic) bond motifs is 5. The molecule has 0 aromatic carbocycles. The van der Waals surface area contributed by atoms with Crippen molar-refractivity contribution >= 4 is 11.9 Å². The molecule has 6 atom stereocenters. The molecule has 0 amide bonds. The zero-order valence-electron chi connectivity index (χ0n) is 16.4. The fourth-order valence-corrected chi connectivity index (χ4v) is 6.97. The van der Waals surface area contributed by atoms with Gasteiger partial charge in [-0.15, -0.1) is 0 Å². The van der Waals surface area contributed by atoms with Gasteiger partial charge in [0.1, 0.15) is 6.10 Å².